The van der Waals surface area contributed by atoms with Crippen LogP contribution < -0.4 is 9.47 Å². The second-order valence-electron chi connectivity index (χ2n) is 5.69. The summed E-state index contributed by atoms with van der Waals surface area (Å²) < 4.78 is 34.3. The lowest BCUT2D eigenvalue weighted by atomic mass is 10.2. The first-order valence-corrected chi connectivity index (χ1v) is 8.40. The van der Waals surface area contributed by atoms with E-state index in [1.54, 1.807) is 30.3 Å². The molecule has 7 heteroatoms. The summed E-state index contributed by atoms with van der Waals surface area (Å²) in [7, 11) is 1.48. The van der Waals surface area contributed by atoms with Crippen molar-refractivity contribution in [2.24, 2.45) is 0 Å². The monoisotopic (exact) mass is 383 g/mol. The number of benzene rings is 2. The average Bonchev–Trinajstić information content (AvgIpc) is 3.20. The Labute approximate surface area is 161 Å². The van der Waals surface area contributed by atoms with Crippen molar-refractivity contribution in [3.05, 3.63) is 78.5 Å². The molecule has 144 valence electrons. The topological polar surface area (TPSA) is 70.8 Å². The van der Waals surface area contributed by atoms with Gasteiger partial charge in [0.25, 0.3) is 0 Å². The Morgan fingerprint density at radius 3 is 2.71 bits per heavy atom. The minimum Gasteiger partial charge on any atom is -0.493 e. The van der Waals surface area contributed by atoms with Crippen LogP contribution in [0.2, 0.25) is 0 Å². The minimum absolute atomic E-state index is 0.0689. The van der Waals surface area contributed by atoms with Crippen molar-refractivity contribution in [1.29, 1.82) is 0 Å². The molecule has 0 spiro atoms. The van der Waals surface area contributed by atoms with Crippen molar-refractivity contribution >= 4 is 5.97 Å². The van der Waals surface area contributed by atoms with E-state index in [0.29, 0.717) is 40.8 Å². The molecule has 0 saturated heterocycles. The Bertz CT molecular complexity index is 965. The summed E-state index contributed by atoms with van der Waals surface area (Å²) in [5.74, 6) is 0.341. The number of hydrogen-bond donors (Lipinski definition) is 0. The highest BCUT2D eigenvalue weighted by Gasteiger charge is 2.14. The molecule has 1 aromatic heterocycles. The first-order chi connectivity index (χ1) is 13.6. The zero-order valence-corrected chi connectivity index (χ0v) is 15.2. The molecule has 6 nitrogen and oxygen atoms in total. The van der Waals surface area contributed by atoms with Crippen molar-refractivity contribution in [1.82, 2.24) is 4.98 Å². The number of carbonyl (C=O) groups is 1. The number of rotatable bonds is 8. The molecule has 0 radical (unpaired) electrons. The molecule has 0 saturated carbocycles. The third-order valence-corrected chi connectivity index (χ3v) is 3.75. The van der Waals surface area contributed by atoms with Gasteiger partial charge in [-0.3, -0.25) is 0 Å². The van der Waals surface area contributed by atoms with Crippen LogP contribution in [0.4, 0.5) is 4.39 Å². The number of methoxy groups -OCH3 is 1. The molecule has 0 amide bonds. The van der Waals surface area contributed by atoms with Crippen molar-refractivity contribution in [2.75, 3.05) is 13.7 Å². The normalized spacial score (nSPS) is 10.4. The summed E-state index contributed by atoms with van der Waals surface area (Å²) in [6.07, 6.45) is 3.00. The Balaban J connectivity index is 1.64. The van der Waals surface area contributed by atoms with Gasteiger partial charge in [-0.15, -0.1) is 0 Å². The van der Waals surface area contributed by atoms with Gasteiger partial charge in [-0.1, -0.05) is 12.7 Å². The van der Waals surface area contributed by atoms with Gasteiger partial charge in [0.1, 0.15) is 31.0 Å². The van der Waals surface area contributed by atoms with Crippen LogP contribution in [0.15, 0.2) is 65.8 Å². The predicted octanol–water partition coefficient (Wildman–Crippen LogP) is 4.41. The van der Waals surface area contributed by atoms with Gasteiger partial charge in [0, 0.05) is 5.56 Å². The van der Waals surface area contributed by atoms with Crippen LogP contribution >= 0.6 is 0 Å². The molecule has 0 bridgehead atoms. The second-order valence-corrected chi connectivity index (χ2v) is 5.69. The van der Waals surface area contributed by atoms with Gasteiger partial charge in [0.2, 0.25) is 5.89 Å². The first-order valence-electron chi connectivity index (χ1n) is 8.40. The first kappa shape index (κ1) is 19.2. The maximum absolute atomic E-state index is 13.0. The number of aromatic nitrogens is 1. The molecular formula is C21H18FNO5. The summed E-state index contributed by atoms with van der Waals surface area (Å²) in [6, 6.07) is 10.5. The lowest BCUT2D eigenvalue weighted by molar-refractivity contribution is 0.0467. The molecular weight excluding hydrogens is 365 g/mol. The van der Waals surface area contributed by atoms with Gasteiger partial charge in [0.05, 0.1) is 12.7 Å². The Hall–Kier alpha value is -3.61. The largest absolute Gasteiger partial charge is 0.493 e. The fourth-order valence-electron chi connectivity index (χ4n) is 2.38. The number of esters is 1. The lowest BCUT2D eigenvalue weighted by Crippen LogP contribution is -2.06. The van der Waals surface area contributed by atoms with E-state index in [1.165, 1.54) is 31.6 Å². The third-order valence-electron chi connectivity index (χ3n) is 3.75. The average molecular weight is 383 g/mol. The van der Waals surface area contributed by atoms with E-state index in [2.05, 4.69) is 11.6 Å². The number of halogens is 1. The van der Waals surface area contributed by atoms with E-state index in [4.69, 9.17) is 18.6 Å². The number of ether oxygens (including phenoxy) is 3. The third kappa shape index (κ3) is 4.56. The van der Waals surface area contributed by atoms with E-state index >= 15 is 0 Å². The number of hydrogen-bond acceptors (Lipinski definition) is 6. The van der Waals surface area contributed by atoms with E-state index in [9.17, 15) is 9.18 Å². The summed E-state index contributed by atoms with van der Waals surface area (Å²) in [4.78, 5) is 16.5. The molecule has 3 aromatic rings. The van der Waals surface area contributed by atoms with Crippen molar-refractivity contribution < 1.29 is 27.8 Å². The van der Waals surface area contributed by atoms with Crippen LogP contribution in [0.5, 0.6) is 11.5 Å². The molecule has 28 heavy (non-hydrogen) atoms. The fourth-order valence-corrected chi connectivity index (χ4v) is 2.38. The predicted molar refractivity (Wildman–Crippen MR) is 99.7 cm³/mol. The van der Waals surface area contributed by atoms with Crippen molar-refractivity contribution in [3.8, 4) is 23.0 Å². The number of nitrogens with zero attached hydrogens (tertiary/aromatic N) is 1. The van der Waals surface area contributed by atoms with E-state index < -0.39 is 5.97 Å². The van der Waals surface area contributed by atoms with Gasteiger partial charge in [-0.25, -0.2) is 14.2 Å². The number of carbonyl (C=O) groups excluding carboxylic acids is 1. The molecule has 3 rings (SSSR count). The molecule has 0 aliphatic rings. The smallest absolute Gasteiger partial charge is 0.338 e. The molecule has 0 aliphatic heterocycles. The molecule has 0 N–H and O–H groups in total. The summed E-state index contributed by atoms with van der Waals surface area (Å²) in [5, 5.41) is 0. The van der Waals surface area contributed by atoms with E-state index in [1.807, 2.05) is 0 Å². The van der Waals surface area contributed by atoms with Gasteiger partial charge in [0.15, 0.2) is 11.5 Å². The van der Waals surface area contributed by atoms with Crippen LogP contribution in [0.3, 0.4) is 0 Å². The molecule has 0 aliphatic carbocycles. The van der Waals surface area contributed by atoms with E-state index in [0.717, 1.165) is 0 Å². The highest BCUT2D eigenvalue weighted by molar-refractivity contribution is 5.90. The van der Waals surface area contributed by atoms with Crippen LogP contribution in [0, 0.1) is 5.82 Å². The van der Waals surface area contributed by atoms with Gasteiger partial charge >= 0.3 is 5.97 Å². The fraction of sp³-hybridized carbons (Fsp3) is 0.143. The number of oxazole rings is 1. The molecule has 2 aromatic carbocycles. The highest BCUT2D eigenvalue weighted by Crippen LogP contribution is 2.28. The lowest BCUT2D eigenvalue weighted by Gasteiger charge is -2.10. The van der Waals surface area contributed by atoms with Crippen LogP contribution in [-0.2, 0) is 11.3 Å². The van der Waals surface area contributed by atoms with Crippen LogP contribution in [0.25, 0.3) is 11.5 Å². The van der Waals surface area contributed by atoms with Gasteiger partial charge in [-0.2, -0.15) is 0 Å². The van der Waals surface area contributed by atoms with Crippen molar-refractivity contribution in [3.63, 3.8) is 0 Å². The standard InChI is InChI=1S/C21H18FNO5/c1-3-10-26-18-9-6-15(11-19(18)25-2)21(24)28-13-17-12-27-20(23-17)14-4-7-16(22)8-5-14/h3-9,11-12H,1,10,13H2,2H3. The summed E-state index contributed by atoms with van der Waals surface area (Å²) in [5.41, 5.74) is 1.37. The van der Waals surface area contributed by atoms with Crippen LogP contribution in [-0.4, -0.2) is 24.7 Å². The molecule has 0 fully saturated rings. The SMILES string of the molecule is C=CCOc1ccc(C(=O)OCc2coc(-c3ccc(F)cc3)n2)cc1OC. The van der Waals surface area contributed by atoms with Crippen LogP contribution in [0.1, 0.15) is 16.1 Å². The zero-order valence-electron chi connectivity index (χ0n) is 15.2. The Morgan fingerprint density at radius 1 is 1.21 bits per heavy atom. The maximum Gasteiger partial charge on any atom is 0.338 e. The quantitative estimate of drug-likeness (QED) is 0.424. The Morgan fingerprint density at radius 2 is 2.00 bits per heavy atom. The highest BCUT2D eigenvalue weighted by atomic mass is 19.1. The molecule has 1 heterocycles. The van der Waals surface area contributed by atoms with Gasteiger partial charge < -0.3 is 18.6 Å². The van der Waals surface area contributed by atoms with Gasteiger partial charge in [-0.05, 0) is 42.5 Å². The van der Waals surface area contributed by atoms with E-state index in [-0.39, 0.29) is 12.4 Å². The summed E-state index contributed by atoms with van der Waals surface area (Å²) in [6.45, 7) is 3.84. The molecule has 0 atom stereocenters. The second kappa shape index (κ2) is 8.85. The molecule has 0 unspecified atom stereocenters. The Kier molecular flexibility index (Phi) is 6.06. The summed E-state index contributed by atoms with van der Waals surface area (Å²) >= 11 is 0. The maximum atomic E-state index is 13.0. The van der Waals surface area contributed by atoms with Crippen molar-refractivity contribution in [2.45, 2.75) is 6.61 Å². The zero-order chi connectivity index (χ0) is 19.9. The minimum atomic E-state index is -0.542.